The molecule has 0 aliphatic heterocycles. The van der Waals surface area contributed by atoms with Gasteiger partial charge in [0.05, 0.1) is 1.37 Å². The van der Waals surface area contributed by atoms with Gasteiger partial charge in [0.25, 0.3) is 0 Å². The van der Waals surface area contributed by atoms with Crippen molar-refractivity contribution in [3.05, 3.63) is 35.4 Å². The van der Waals surface area contributed by atoms with E-state index >= 15 is 0 Å². The Labute approximate surface area is 73.8 Å². The summed E-state index contributed by atoms with van der Waals surface area (Å²) in [5.74, 6) is -0.208. The Kier molecular flexibility index (Phi) is 2.08. The molecule has 0 aromatic heterocycles. The van der Waals surface area contributed by atoms with Gasteiger partial charge >= 0.3 is 0 Å². The van der Waals surface area contributed by atoms with Crippen molar-refractivity contribution >= 4 is 5.91 Å². The fourth-order valence-electron chi connectivity index (χ4n) is 1.16. The van der Waals surface area contributed by atoms with Gasteiger partial charge in [-0.25, -0.2) is 0 Å². The van der Waals surface area contributed by atoms with Gasteiger partial charge in [0, 0.05) is 5.56 Å². The van der Waals surface area contributed by atoms with E-state index in [2.05, 4.69) is 0 Å². The molecule has 0 aliphatic carbocycles. The largest absolute Gasteiger partial charge is 0.366 e. The second kappa shape index (κ2) is 3.39. The molecule has 12 heavy (non-hydrogen) atoms. The number of amides is 1. The zero-order valence-corrected chi connectivity index (χ0v) is 7.29. The van der Waals surface area contributed by atoms with Crippen LogP contribution in [0.15, 0.2) is 24.2 Å². The highest BCUT2D eigenvalue weighted by Gasteiger charge is 2.08. The minimum absolute atomic E-state index is 0.253. The van der Waals surface area contributed by atoms with Gasteiger partial charge < -0.3 is 5.73 Å². The molecule has 0 heterocycles. The predicted octanol–water partition coefficient (Wildman–Crippen LogP) is 1.91. The maximum atomic E-state index is 11.0. The van der Waals surface area contributed by atoms with Crippen LogP contribution in [0.25, 0.3) is 0 Å². The van der Waals surface area contributed by atoms with Crippen molar-refractivity contribution in [3.8, 4) is 0 Å². The summed E-state index contributed by atoms with van der Waals surface area (Å²) in [5.41, 5.74) is 6.57. The molecule has 1 aromatic carbocycles. The third-order valence-corrected chi connectivity index (χ3v) is 1.79. The van der Waals surface area contributed by atoms with Crippen LogP contribution >= 0.6 is 0 Å². The van der Waals surface area contributed by atoms with Crippen molar-refractivity contribution in [2.75, 3.05) is 0 Å². The number of hydrogen-bond donors (Lipinski definition) is 1. The van der Waals surface area contributed by atoms with E-state index in [-0.39, 0.29) is 5.92 Å². The molecule has 0 saturated heterocycles. The molecule has 0 radical (unpaired) electrons. The Bertz CT molecular complexity index is 334. The van der Waals surface area contributed by atoms with Gasteiger partial charge in [-0.15, -0.1) is 0 Å². The predicted molar refractivity (Wildman–Crippen MR) is 49.0 cm³/mol. The smallest absolute Gasteiger partial charge is 0.248 e. The SMILES string of the molecule is [2H]c1ccc(C(C)C)c(C(N)=O)c1. The van der Waals surface area contributed by atoms with Gasteiger partial charge in [-0.2, -0.15) is 0 Å². The van der Waals surface area contributed by atoms with Crippen LogP contribution in [-0.2, 0) is 0 Å². The summed E-state index contributed by atoms with van der Waals surface area (Å²) in [4.78, 5) is 11.0. The highest BCUT2D eigenvalue weighted by molar-refractivity contribution is 5.94. The molecule has 0 saturated carbocycles. The first kappa shape index (κ1) is 7.35. The number of rotatable bonds is 2. The van der Waals surface area contributed by atoms with Gasteiger partial charge in [-0.1, -0.05) is 32.0 Å². The van der Waals surface area contributed by atoms with Gasteiger partial charge in [-0.05, 0) is 17.5 Å². The lowest BCUT2D eigenvalue weighted by molar-refractivity contribution is 0.0999. The van der Waals surface area contributed by atoms with Gasteiger partial charge in [0.1, 0.15) is 0 Å². The number of nitrogens with two attached hydrogens (primary N) is 1. The van der Waals surface area contributed by atoms with Crippen LogP contribution in [0.5, 0.6) is 0 Å². The summed E-state index contributed by atoms with van der Waals surface area (Å²) in [6.07, 6.45) is 0. The number of carbonyl (C=O) groups is 1. The number of benzene rings is 1. The minimum Gasteiger partial charge on any atom is -0.366 e. The lowest BCUT2D eigenvalue weighted by Gasteiger charge is -2.08. The van der Waals surface area contributed by atoms with E-state index in [1.165, 1.54) is 6.07 Å². The summed E-state index contributed by atoms with van der Waals surface area (Å²) in [7, 11) is 0. The Morgan fingerprint density at radius 3 is 2.75 bits per heavy atom. The second-order valence-electron chi connectivity index (χ2n) is 3.03. The van der Waals surface area contributed by atoms with Crippen LogP contribution < -0.4 is 5.73 Å². The Morgan fingerprint density at radius 2 is 2.25 bits per heavy atom. The quantitative estimate of drug-likeness (QED) is 0.712. The van der Waals surface area contributed by atoms with Crippen molar-refractivity contribution in [1.29, 1.82) is 0 Å². The fourth-order valence-corrected chi connectivity index (χ4v) is 1.16. The lowest BCUT2D eigenvalue weighted by Crippen LogP contribution is -2.14. The van der Waals surface area contributed by atoms with Crippen LogP contribution in [0.2, 0.25) is 0 Å². The monoisotopic (exact) mass is 164 g/mol. The summed E-state index contributed by atoms with van der Waals surface area (Å²) < 4.78 is 7.36. The highest BCUT2D eigenvalue weighted by Crippen LogP contribution is 2.18. The molecule has 0 unspecified atom stereocenters. The van der Waals surface area contributed by atoms with E-state index in [0.29, 0.717) is 11.6 Å². The van der Waals surface area contributed by atoms with Crippen LogP contribution in [0.4, 0.5) is 0 Å². The molecule has 2 heteroatoms. The first-order chi connectivity index (χ1) is 6.02. The maximum absolute atomic E-state index is 11.0. The lowest BCUT2D eigenvalue weighted by atomic mass is 9.97. The van der Waals surface area contributed by atoms with Crippen molar-refractivity contribution in [3.63, 3.8) is 0 Å². The molecule has 0 bridgehead atoms. The zero-order chi connectivity index (χ0) is 10.0. The third kappa shape index (κ3) is 1.64. The van der Waals surface area contributed by atoms with Crippen LogP contribution in [-0.4, -0.2) is 5.91 Å². The molecule has 2 N–H and O–H groups in total. The van der Waals surface area contributed by atoms with E-state index in [1.807, 2.05) is 13.8 Å². The topological polar surface area (TPSA) is 43.1 Å². The molecular formula is C10H13NO. The average molecular weight is 164 g/mol. The normalized spacial score (nSPS) is 11.4. The van der Waals surface area contributed by atoms with E-state index in [9.17, 15) is 4.79 Å². The van der Waals surface area contributed by atoms with E-state index < -0.39 is 5.91 Å². The molecule has 0 fully saturated rings. The molecule has 1 rings (SSSR count). The fraction of sp³-hybridized carbons (Fsp3) is 0.300. The molecule has 1 amide bonds. The third-order valence-electron chi connectivity index (χ3n) is 1.79. The molecular weight excluding hydrogens is 150 g/mol. The van der Waals surface area contributed by atoms with E-state index in [1.54, 1.807) is 12.1 Å². The molecule has 0 aliphatic rings. The molecule has 0 spiro atoms. The summed E-state index contributed by atoms with van der Waals surface area (Å²) in [6, 6.07) is 5.28. The molecule has 64 valence electrons. The van der Waals surface area contributed by atoms with Crippen LogP contribution in [0.1, 0.15) is 37.1 Å². The summed E-state index contributed by atoms with van der Waals surface area (Å²) >= 11 is 0. The molecule has 2 nitrogen and oxygen atoms in total. The maximum Gasteiger partial charge on any atom is 0.248 e. The first-order valence-corrected chi connectivity index (χ1v) is 3.92. The number of hydrogen-bond acceptors (Lipinski definition) is 1. The van der Waals surface area contributed by atoms with E-state index in [0.717, 1.165) is 5.56 Å². The highest BCUT2D eigenvalue weighted by atomic mass is 16.1. The summed E-state index contributed by atoms with van der Waals surface area (Å²) in [5, 5.41) is 0. The molecule has 1 aromatic rings. The minimum atomic E-state index is -0.460. The van der Waals surface area contributed by atoms with Crippen LogP contribution in [0, 0.1) is 0 Å². The standard InChI is InChI=1S/C10H13NO/c1-7(2)8-5-3-4-6-9(8)10(11)12/h3-7H,1-2H3,(H2,11,12)/i4D. The van der Waals surface area contributed by atoms with Crippen LogP contribution in [0.3, 0.4) is 0 Å². The first-order valence-electron chi connectivity index (χ1n) is 4.42. The average Bonchev–Trinajstić information content (AvgIpc) is 2.03. The molecule has 0 atom stereocenters. The number of primary amides is 1. The van der Waals surface area contributed by atoms with Crippen molar-refractivity contribution < 1.29 is 6.17 Å². The van der Waals surface area contributed by atoms with Gasteiger partial charge in [-0.3, -0.25) is 4.79 Å². The Balaban J connectivity index is 3.27. The second-order valence-corrected chi connectivity index (χ2v) is 3.03. The van der Waals surface area contributed by atoms with E-state index in [4.69, 9.17) is 7.10 Å². The van der Waals surface area contributed by atoms with Gasteiger partial charge in [0.15, 0.2) is 0 Å². The zero-order valence-electron chi connectivity index (χ0n) is 8.29. The van der Waals surface area contributed by atoms with Crippen molar-refractivity contribution in [1.82, 2.24) is 0 Å². The summed E-state index contributed by atoms with van der Waals surface area (Å²) in [6.45, 7) is 3.98. The Hall–Kier alpha value is -1.31. The van der Waals surface area contributed by atoms with Crippen molar-refractivity contribution in [2.45, 2.75) is 19.8 Å². The number of carbonyl (C=O) groups excluding carboxylic acids is 1. The van der Waals surface area contributed by atoms with Crippen molar-refractivity contribution in [2.24, 2.45) is 5.73 Å². The van der Waals surface area contributed by atoms with Gasteiger partial charge in [0.2, 0.25) is 5.91 Å². The Morgan fingerprint density at radius 1 is 1.58 bits per heavy atom.